The third-order valence-electron chi connectivity index (χ3n) is 1.26. The molecule has 0 aliphatic rings. The fraction of sp³-hybridized carbons (Fsp3) is 0.125. The van der Waals surface area contributed by atoms with Gasteiger partial charge in [0, 0.05) is 6.57 Å². The number of nitriles is 1. The van der Waals surface area contributed by atoms with Crippen molar-refractivity contribution in [2.45, 2.75) is 2.63 Å². The van der Waals surface area contributed by atoms with Gasteiger partial charge in [0.25, 0.3) is 0 Å². The molecule has 3 heteroatoms. The quantitative estimate of drug-likeness (QED) is 0.474. The van der Waals surface area contributed by atoms with Crippen molar-refractivity contribution in [3.8, 4) is 6.57 Å². The van der Waals surface area contributed by atoms with Gasteiger partial charge in [-0.15, -0.1) is 0 Å². The molecule has 0 aliphatic heterocycles. The van der Waals surface area contributed by atoms with E-state index in [0.29, 0.717) is 0 Å². The van der Waals surface area contributed by atoms with E-state index in [1.54, 1.807) is 0 Å². The van der Waals surface area contributed by atoms with E-state index in [9.17, 15) is 0 Å². The molecule has 52 valence electrons. The van der Waals surface area contributed by atoms with Crippen molar-refractivity contribution in [2.24, 2.45) is 0 Å². The van der Waals surface area contributed by atoms with E-state index in [2.05, 4.69) is 18.7 Å². The Labute approximate surface area is 89.4 Å². The van der Waals surface area contributed by atoms with Crippen LogP contribution in [0.15, 0.2) is 30.3 Å². The average molecular weight is 176 g/mol. The molecule has 1 aromatic rings. The van der Waals surface area contributed by atoms with Crippen molar-refractivity contribution >= 4 is 39.5 Å². The van der Waals surface area contributed by atoms with Gasteiger partial charge in [0.2, 0.25) is 0 Å². The van der Waals surface area contributed by atoms with Crippen molar-refractivity contribution < 1.29 is 0 Å². The summed E-state index contributed by atoms with van der Waals surface area (Å²) < 4.78 is 0.270. The van der Waals surface area contributed by atoms with Crippen LogP contribution < -0.4 is 0 Å². The Balaban J connectivity index is 0.000000461. The van der Waals surface area contributed by atoms with Gasteiger partial charge in [-0.3, -0.25) is 0 Å². The Morgan fingerprint density at radius 2 is 1.73 bits per heavy atom. The molecule has 1 rings (SSSR count). The molecule has 0 spiro atoms. The zero-order chi connectivity index (χ0) is 8.69. The molecule has 1 nitrogen and oxygen atoms in total. The minimum absolute atomic E-state index is 0.270. The maximum absolute atomic E-state index is 6.50. The normalized spacial score (nSPS) is 11.0. The van der Waals surface area contributed by atoms with Crippen molar-refractivity contribution in [1.29, 1.82) is 5.26 Å². The number of halogens is 1. The van der Waals surface area contributed by atoms with Crippen molar-refractivity contribution in [1.82, 2.24) is 0 Å². The van der Waals surface area contributed by atoms with Gasteiger partial charge in [-0.05, 0) is 0 Å². The molecule has 0 saturated carbocycles. The predicted octanol–water partition coefficient (Wildman–Crippen LogP) is 2.23. The number of rotatable bonds is 1. The van der Waals surface area contributed by atoms with Gasteiger partial charge < -0.3 is 0 Å². The maximum atomic E-state index is 6.50. The van der Waals surface area contributed by atoms with Crippen LogP contribution in [0.1, 0.15) is 8.19 Å². The summed E-state index contributed by atoms with van der Waals surface area (Å²) in [5.74, 6) is 0. The van der Waals surface area contributed by atoms with Gasteiger partial charge in [-0.2, -0.15) is 0 Å². The predicted molar refractivity (Wildman–Crippen MR) is 47.5 cm³/mol. The molecule has 1 aromatic carbocycles. The summed E-state index contributed by atoms with van der Waals surface area (Å²) in [5.41, 5.74) is 1.24. The van der Waals surface area contributed by atoms with Crippen LogP contribution in [0.2, 0.25) is 0 Å². The van der Waals surface area contributed by atoms with Crippen molar-refractivity contribution in [3.05, 3.63) is 35.9 Å². The Bertz CT molecular complexity index is 208. The van der Waals surface area contributed by atoms with Crippen LogP contribution in [-0.4, -0.2) is 27.9 Å². The van der Waals surface area contributed by atoms with Gasteiger partial charge in [-0.1, -0.05) is 0 Å². The van der Waals surface area contributed by atoms with Gasteiger partial charge in [0.1, 0.15) is 0 Å². The molecule has 0 heterocycles. The van der Waals surface area contributed by atoms with Gasteiger partial charge in [0.05, 0.1) is 0 Å². The van der Waals surface area contributed by atoms with Crippen LogP contribution in [0.25, 0.3) is 0 Å². The molecular weight excluding hydrogens is 169 g/mol. The van der Waals surface area contributed by atoms with E-state index >= 15 is 0 Å². The van der Waals surface area contributed by atoms with Crippen LogP contribution in [0.3, 0.4) is 0 Å². The van der Waals surface area contributed by atoms with Crippen LogP contribution in [0, 0.1) is 11.8 Å². The number of hydrogen-bond donors (Lipinski definition) is 0. The Hall–Kier alpha value is 0. The molecule has 0 aliphatic carbocycles. The van der Waals surface area contributed by atoms with E-state index in [0.717, 1.165) is 27.9 Å². The first-order valence-corrected chi connectivity index (χ1v) is 4.84. The molecule has 0 radical (unpaired) electrons. The summed E-state index contributed by atoms with van der Waals surface area (Å²) in [6.07, 6.45) is 0. The summed E-state index contributed by atoms with van der Waals surface area (Å²) in [4.78, 5) is 0. The molecule has 0 bridgehead atoms. The monoisotopic (exact) mass is 175 g/mol. The fourth-order valence-corrected chi connectivity index (χ4v) is 1.25. The molecule has 1 unspecified atom stereocenters. The van der Waals surface area contributed by atoms with Gasteiger partial charge in [0.15, 0.2) is 0 Å². The summed E-state index contributed by atoms with van der Waals surface area (Å²) in [6.45, 7) is 3.50. The third kappa shape index (κ3) is 4.44. The van der Waals surface area contributed by atoms with Crippen molar-refractivity contribution in [2.75, 3.05) is 0 Å². The summed E-state index contributed by atoms with van der Waals surface area (Å²) in [5, 5.41) is 6.50. The number of nitrogens with zero attached hydrogens (tertiary/aromatic N) is 1. The van der Waals surface area contributed by atoms with Crippen LogP contribution >= 0.6 is 11.6 Å². The zero-order valence-corrected chi connectivity index (χ0v) is 9.12. The fourth-order valence-electron chi connectivity index (χ4n) is 0.718. The van der Waals surface area contributed by atoms with Crippen molar-refractivity contribution in [3.63, 3.8) is 0 Å². The first kappa shape index (κ1) is 11.0. The first-order valence-electron chi connectivity index (χ1n) is 3.25. The number of alkyl halides is 1. The minimum atomic E-state index is 0.270. The molecule has 0 N–H and O–H groups in total. The summed E-state index contributed by atoms with van der Waals surface area (Å²) >= 11 is 6.89. The summed E-state index contributed by atoms with van der Waals surface area (Å²) in [6, 6.07) is 10.2. The Morgan fingerprint density at radius 1 is 1.27 bits per heavy atom. The van der Waals surface area contributed by atoms with Crippen LogP contribution in [-0.2, 0) is 0 Å². The number of benzene rings is 1. The molecule has 0 fully saturated rings. The summed E-state index contributed by atoms with van der Waals surface area (Å²) in [7, 11) is 0. The van der Waals surface area contributed by atoms with Crippen LogP contribution in [0.4, 0.5) is 0 Å². The second-order valence-electron chi connectivity index (χ2n) is 2.03. The molecule has 0 saturated heterocycles. The van der Waals surface area contributed by atoms with E-state index in [-0.39, 0.29) is 2.63 Å². The zero-order valence-electron chi connectivity index (χ0n) is 6.37. The van der Waals surface area contributed by atoms with Crippen LogP contribution in [0.5, 0.6) is 0 Å². The topological polar surface area (TPSA) is 23.8 Å². The second kappa shape index (κ2) is 6.69. The van der Waals surface area contributed by atoms with Gasteiger partial charge >= 0.3 is 78.1 Å². The third-order valence-corrected chi connectivity index (χ3v) is 2.18. The SMILES string of the molecule is C#N.[Na][CH](Cl)c1ccccc1. The van der Waals surface area contributed by atoms with Gasteiger partial charge in [-0.25, -0.2) is 5.26 Å². The second-order valence-corrected chi connectivity index (χ2v) is 4.57. The molecule has 0 amide bonds. The molecule has 11 heavy (non-hydrogen) atoms. The Morgan fingerprint density at radius 3 is 2.00 bits per heavy atom. The van der Waals surface area contributed by atoms with E-state index < -0.39 is 0 Å². The van der Waals surface area contributed by atoms with E-state index in [4.69, 9.17) is 16.9 Å². The van der Waals surface area contributed by atoms with E-state index in [1.165, 1.54) is 5.56 Å². The van der Waals surface area contributed by atoms with E-state index in [1.807, 2.05) is 18.2 Å². The standard InChI is InChI=1S/C7H6Cl.CHN.Na/c8-6-7-4-2-1-3-5-7;1-2;/h1-6H;1H;. The number of hydrogen-bond acceptors (Lipinski definition) is 1. The molecule has 0 aromatic heterocycles. The Kier molecular flexibility index (Phi) is 6.69. The molecule has 1 atom stereocenters. The first-order chi connectivity index (χ1) is 5.30. The molecular formula is C8H7ClNNa. The average Bonchev–Trinajstić information content (AvgIpc) is 2.10.